The zero-order valence-corrected chi connectivity index (χ0v) is 6.83. The van der Waals surface area contributed by atoms with Gasteiger partial charge in [0.2, 0.25) is 0 Å². The highest BCUT2D eigenvalue weighted by Gasteiger charge is 2.18. The third-order valence-electron chi connectivity index (χ3n) is 1.48. The average Bonchev–Trinajstić information content (AvgIpc) is 2.34. The van der Waals surface area contributed by atoms with E-state index >= 15 is 0 Å². The average molecular weight is 171 g/mol. The van der Waals surface area contributed by atoms with Crippen LogP contribution >= 0.6 is 0 Å². The lowest BCUT2D eigenvalue weighted by Gasteiger charge is -1.95. The van der Waals surface area contributed by atoms with Gasteiger partial charge in [-0.05, 0) is 6.92 Å². The van der Waals surface area contributed by atoms with E-state index in [1.54, 1.807) is 6.92 Å². The van der Waals surface area contributed by atoms with Crippen molar-refractivity contribution >= 4 is 5.97 Å². The van der Waals surface area contributed by atoms with Crippen LogP contribution in [0.25, 0.3) is 0 Å². The zero-order chi connectivity index (χ0) is 9.14. The second kappa shape index (κ2) is 3.36. The van der Waals surface area contributed by atoms with E-state index in [9.17, 15) is 4.79 Å². The summed E-state index contributed by atoms with van der Waals surface area (Å²) >= 11 is 0. The Morgan fingerprint density at radius 1 is 1.75 bits per heavy atom. The number of rotatable bonds is 3. The van der Waals surface area contributed by atoms with E-state index < -0.39 is 5.97 Å². The molecule has 0 saturated carbocycles. The molecule has 0 aliphatic carbocycles. The standard InChI is InChI=1S/C7H9NO4/c1-4-5(3-11-2)6(7(9)10)8-12-4/h3H2,1-2H3,(H,9,10). The molecule has 0 aliphatic heterocycles. The van der Waals surface area contributed by atoms with Crippen molar-refractivity contribution < 1.29 is 19.2 Å². The summed E-state index contributed by atoms with van der Waals surface area (Å²) in [6, 6.07) is 0. The maximum absolute atomic E-state index is 10.5. The Morgan fingerprint density at radius 3 is 2.92 bits per heavy atom. The van der Waals surface area contributed by atoms with Crippen molar-refractivity contribution in [1.82, 2.24) is 5.16 Å². The maximum Gasteiger partial charge on any atom is 0.358 e. The van der Waals surface area contributed by atoms with E-state index in [1.807, 2.05) is 0 Å². The topological polar surface area (TPSA) is 72.6 Å². The normalized spacial score (nSPS) is 10.2. The summed E-state index contributed by atoms with van der Waals surface area (Å²) in [7, 11) is 1.48. The van der Waals surface area contributed by atoms with Gasteiger partial charge in [0.1, 0.15) is 5.76 Å². The van der Waals surface area contributed by atoms with Crippen molar-refractivity contribution in [2.75, 3.05) is 7.11 Å². The Morgan fingerprint density at radius 2 is 2.42 bits per heavy atom. The van der Waals surface area contributed by atoms with Gasteiger partial charge >= 0.3 is 5.97 Å². The summed E-state index contributed by atoms with van der Waals surface area (Å²) in [5.74, 6) is -0.617. The van der Waals surface area contributed by atoms with Crippen molar-refractivity contribution in [3.05, 3.63) is 17.0 Å². The van der Waals surface area contributed by atoms with Crippen molar-refractivity contribution in [2.45, 2.75) is 13.5 Å². The maximum atomic E-state index is 10.5. The Balaban J connectivity index is 3.03. The van der Waals surface area contributed by atoms with Crippen LogP contribution in [0.5, 0.6) is 0 Å². The minimum Gasteiger partial charge on any atom is -0.476 e. The summed E-state index contributed by atoms with van der Waals surface area (Å²) < 4.78 is 9.49. The van der Waals surface area contributed by atoms with E-state index in [0.29, 0.717) is 11.3 Å². The number of carboxylic acid groups (broad SMARTS) is 1. The predicted molar refractivity (Wildman–Crippen MR) is 38.9 cm³/mol. The Labute approximate surface area is 68.9 Å². The van der Waals surface area contributed by atoms with Crippen molar-refractivity contribution in [3.63, 3.8) is 0 Å². The molecule has 0 aromatic carbocycles. The number of carbonyl (C=O) groups is 1. The van der Waals surface area contributed by atoms with Crippen molar-refractivity contribution in [2.24, 2.45) is 0 Å². The van der Waals surface area contributed by atoms with Gasteiger partial charge in [0, 0.05) is 7.11 Å². The molecule has 0 unspecified atom stereocenters. The third-order valence-corrected chi connectivity index (χ3v) is 1.48. The van der Waals surface area contributed by atoms with Crippen LogP contribution < -0.4 is 0 Å². The smallest absolute Gasteiger partial charge is 0.358 e. The molecule has 0 saturated heterocycles. The number of aryl methyl sites for hydroxylation is 1. The predicted octanol–water partition coefficient (Wildman–Crippen LogP) is 0.828. The molecular formula is C7H9NO4. The van der Waals surface area contributed by atoms with Gasteiger partial charge in [-0.3, -0.25) is 0 Å². The van der Waals surface area contributed by atoms with Crippen LogP contribution in [0.15, 0.2) is 4.52 Å². The number of hydrogen-bond donors (Lipinski definition) is 1. The molecule has 5 nitrogen and oxygen atoms in total. The first-order valence-electron chi connectivity index (χ1n) is 3.34. The third kappa shape index (κ3) is 1.45. The Bertz CT molecular complexity index is 292. The molecule has 1 aromatic rings. The number of aromatic nitrogens is 1. The fraction of sp³-hybridized carbons (Fsp3) is 0.429. The Hall–Kier alpha value is -1.36. The van der Waals surface area contributed by atoms with Gasteiger partial charge in [-0.2, -0.15) is 0 Å². The lowest BCUT2D eigenvalue weighted by molar-refractivity contribution is 0.0681. The van der Waals surface area contributed by atoms with Crippen LogP contribution in [-0.4, -0.2) is 23.3 Å². The number of nitrogens with zero attached hydrogens (tertiary/aromatic N) is 1. The molecule has 0 radical (unpaired) electrons. The molecule has 0 atom stereocenters. The molecule has 0 bridgehead atoms. The van der Waals surface area contributed by atoms with Crippen LogP contribution in [0, 0.1) is 6.92 Å². The highest BCUT2D eigenvalue weighted by Crippen LogP contribution is 2.13. The fourth-order valence-corrected chi connectivity index (χ4v) is 0.873. The molecule has 0 fully saturated rings. The highest BCUT2D eigenvalue weighted by atomic mass is 16.5. The molecule has 66 valence electrons. The molecule has 12 heavy (non-hydrogen) atoms. The SMILES string of the molecule is COCc1c(C(=O)O)noc1C. The lowest BCUT2D eigenvalue weighted by Crippen LogP contribution is -2.02. The van der Waals surface area contributed by atoms with Crippen LogP contribution in [0.2, 0.25) is 0 Å². The minimum absolute atomic E-state index is 0.0747. The first kappa shape index (κ1) is 8.73. The highest BCUT2D eigenvalue weighted by molar-refractivity contribution is 5.87. The molecule has 1 rings (SSSR count). The van der Waals surface area contributed by atoms with Crippen LogP contribution in [0.4, 0.5) is 0 Å². The number of carboxylic acids is 1. The van der Waals surface area contributed by atoms with Gasteiger partial charge in [0.25, 0.3) is 0 Å². The van der Waals surface area contributed by atoms with E-state index in [0.717, 1.165) is 0 Å². The van der Waals surface area contributed by atoms with Gasteiger partial charge in [-0.15, -0.1) is 0 Å². The summed E-state index contributed by atoms with van der Waals surface area (Å²) in [6.07, 6.45) is 0. The van der Waals surface area contributed by atoms with E-state index in [1.165, 1.54) is 7.11 Å². The largest absolute Gasteiger partial charge is 0.476 e. The first-order valence-corrected chi connectivity index (χ1v) is 3.34. The van der Waals surface area contributed by atoms with Crippen LogP contribution in [0.1, 0.15) is 21.8 Å². The van der Waals surface area contributed by atoms with Gasteiger partial charge in [-0.1, -0.05) is 5.16 Å². The van der Waals surface area contributed by atoms with Gasteiger partial charge in [-0.25, -0.2) is 4.79 Å². The minimum atomic E-state index is -1.10. The van der Waals surface area contributed by atoms with E-state index in [2.05, 4.69) is 5.16 Å². The van der Waals surface area contributed by atoms with Gasteiger partial charge in [0.15, 0.2) is 5.69 Å². The number of hydrogen-bond acceptors (Lipinski definition) is 4. The first-order chi connectivity index (χ1) is 5.66. The fourth-order valence-electron chi connectivity index (χ4n) is 0.873. The lowest BCUT2D eigenvalue weighted by atomic mass is 10.2. The molecule has 0 aliphatic rings. The van der Waals surface area contributed by atoms with Crippen LogP contribution in [0.3, 0.4) is 0 Å². The number of ether oxygens (including phenoxy) is 1. The molecular weight excluding hydrogens is 162 g/mol. The summed E-state index contributed by atoms with van der Waals surface area (Å²) in [4.78, 5) is 10.5. The monoisotopic (exact) mass is 171 g/mol. The quantitative estimate of drug-likeness (QED) is 0.729. The summed E-state index contributed by atoms with van der Waals surface area (Å²) in [5.41, 5.74) is 0.416. The second-order valence-electron chi connectivity index (χ2n) is 2.30. The van der Waals surface area contributed by atoms with Crippen molar-refractivity contribution in [1.29, 1.82) is 0 Å². The zero-order valence-electron chi connectivity index (χ0n) is 6.83. The molecule has 5 heteroatoms. The molecule has 0 spiro atoms. The second-order valence-corrected chi connectivity index (χ2v) is 2.30. The molecule has 1 aromatic heterocycles. The van der Waals surface area contributed by atoms with E-state index in [-0.39, 0.29) is 12.3 Å². The molecule has 0 amide bonds. The van der Waals surface area contributed by atoms with Gasteiger partial charge < -0.3 is 14.4 Å². The summed E-state index contributed by atoms with van der Waals surface area (Å²) in [6.45, 7) is 1.85. The summed E-state index contributed by atoms with van der Waals surface area (Å²) in [5, 5.41) is 12.0. The van der Waals surface area contributed by atoms with Crippen LogP contribution in [-0.2, 0) is 11.3 Å². The van der Waals surface area contributed by atoms with Gasteiger partial charge in [0.05, 0.1) is 12.2 Å². The number of aromatic carboxylic acids is 1. The number of methoxy groups -OCH3 is 1. The molecule has 1 N–H and O–H groups in total. The molecule has 1 heterocycles. The van der Waals surface area contributed by atoms with Crippen molar-refractivity contribution in [3.8, 4) is 0 Å². The van der Waals surface area contributed by atoms with E-state index in [4.69, 9.17) is 14.4 Å². The Kier molecular flexibility index (Phi) is 2.44.